The molecule has 0 aliphatic rings. The minimum absolute atomic E-state index is 0.326. The molecule has 0 bridgehead atoms. The van der Waals surface area contributed by atoms with Gasteiger partial charge in [0.25, 0.3) is 0 Å². The van der Waals surface area contributed by atoms with E-state index in [-0.39, 0.29) is 0 Å². The molecule has 0 N–H and O–H groups in total. The Kier molecular flexibility index (Phi) is 5.77. The van der Waals surface area contributed by atoms with Crippen molar-refractivity contribution in [3.8, 4) is 0 Å². The third-order valence-electron chi connectivity index (χ3n) is 2.65. The SMILES string of the molecule is Cc1ccc(S(=O)(=O)C(CCCl)CCCl)cc1. The lowest BCUT2D eigenvalue weighted by atomic mass is 10.2. The van der Waals surface area contributed by atoms with Crippen molar-refractivity contribution in [1.29, 1.82) is 0 Å². The lowest BCUT2D eigenvalue weighted by Crippen LogP contribution is -2.22. The summed E-state index contributed by atoms with van der Waals surface area (Å²) in [6, 6.07) is 6.87. The highest BCUT2D eigenvalue weighted by Crippen LogP contribution is 2.22. The van der Waals surface area contributed by atoms with E-state index >= 15 is 0 Å². The molecule has 0 fully saturated rings. The van der Waals surface area contributed by atoms with Crippen molar-refractivity contribution >= 4 is 33.0 Å². The van der Waals surface area contributed by atoms with Crippen molar-refractivity contribution in [1.82, 2.24) is 0 Å². The molecule has 96 valence electrons. The van der Waals surface area contributed by atoms with E-state index in [1.54, 1.807) is 24.3 Å². The average Bonchev–Trinajstić information content (AvgIpc) is 2.29. The van der Waals surface area contributed by atoms with Gasteiger partial charge >= 0.3 is 0 Å². The van der Waals surface area contributed by atoms with E-state index in [1.807, 2.05) is 6.92 Å². The Bertz CT molecular complexity index is 434. The molecule has 0 aromatic heterocycles. The van der Waals surface area contributed by atoms with Gasteiger partial charge in [0.1, 0.15) is 0 Å². The van der Waals surface area contributed by atoms with E-state index in [0.29, 0.717) is 29.5 Å². The van der Waals surface area contributed by atoms with Crippen LogP contribution in [0.4, 0.5) is 0 Å². The van der Waals surface area contributed by atoms with Gasteiger partial charge in [-0.25, -0.2) is 8.42 Å². The van der Waals surface area contributed by atoms with Crippen LogP contribution in [0.3, 0.4) is 0 Å². The van der Waals surface area contributed by atoms with Crippen LogP contribution in [0.15, 0.2) is 29.2 Å². The smallest absolute Gasteiger partial charge is 0.181 e. The molecule has 0 radical (unpaired) electrons. The zero-order valence-electron chi connectivity index (χ0n) is 9.70. The van der Waals surface area contributed by atoms with Gasteiger partial charge in [-0.15, -0.1) is 23.2 Å². The van der Waals surface area contributed by atoms with E-state index < -0.39 is 15.1 Å². The number of hydrogen-bond acceptors (Lipinski definition) is 2. The number of hydrogen-bond donors (Lipinski definition) is 0. The lowest BCUT2D eigenvalue weighted by molar-refractivity contribution is 0.572. The Balaban J connectivity index is 3.02. The Labute approximate surface area is 113 Å². The Morgan fingerprint density at radius 3 is 1.94 bits per heavy atom. The molecule has 0 atom stereocenters. The number of sulfone groups is 1. The zero-order valence-corrected chi connectivity index (χ0v) is 12.0. The minimum Gasteiger partial charge on any atom is -0.223 e. The predicted molar refractivity (Wildman–Crippen MR) is 72.8 cm³/mol. The van der Waals surface area contributed by atoms with Crippen LogP contribution in [-0.2, 0) is 9.84 Å². The topological polar surface area (TPSA) is 34.1 Å². The molecule has 2 nitrogen and oxygen atoms in total. The van der Waals surface area contributed by atoms with Crippen LogP contribution >= 0.6 is 23.2 Å². The fourth-order valence-electron chi connectivity index (χ4n) is 1.62. The monoisotopic (exact) mass is 294 g/mol. The average molecular weight is 295 g/mol. The predicted octanol–water partition coefficient (Wildman–Crippen LogP) is 3.40. The fraction of sp³-hybridized carbons (Fsp3) is 0.500. The minimum atomic E-state index is -3.31. The van der Waals surface area contributed by atoms with E-state index in [4.69, 9.17) is 23.2 Å². The van der Waals surface area contributed by atoms with Gasteiger partial charge in [0.05, 0.1) is 10.1 Å². The summed E-state index contributed by atoms with van der Waals surface area (Å²) in [4.78, 5) is 0.350. The molecule has 0 saturated carbocycles. The summed E-state index contributed by atoms with van der Waals surface area (Å²) in [5, 5.41) is -0.486. The first-order valence-corrected chi connectivity index (χ1v) is 8.06. The number of halogens is 2. The molecule has 0 unspecified atom stereocenters. The summed E-state index contributed by atoms with van der Waals surface area (Å²) >= 11 is 11.3. The quantitative estimate of drug-likeness (QED) is 0.754. The Hall–Kier alpha value is -0.250. The van der Waals surface area contributed by atoms with Crippen molar-refractivity contribution in [3.63, 3.8) is 0 Å². The van der Waals surface area contributed by atoms with Crippen LogP contribution in [0.5, 0.6) is 0 Å². The summed E-state index contributed by atoms with van der Waals surface area (Å²) in [6.45, 7) is 1.92. The van der Waals surface area contributed by atoms with Crippen molar-refractivity contribution in [3.05, 3.63) is 29.8 Å². The molecule has 0 heterocycles. The summed E-state index contributed by atoms with van der Waals surface area (Å²) in [7, 11) is -3.31. The maximum absolute atomic E-state index is 12.3. The van der Waals surface area contributed by atoms with Gasteiger partial charge in [0, 0.05) is 11.8 Å². The van der Waals surface area contributed by atoms with Crippen LogP contribution in [0.25, 0.3) is 0 Å². The van der Waals surface area contributed by atoms with Crippen molar-refractivity contribution in [2.75, 3.05) is 11.8 Å². The molecule has 0 aliphatic carbocycles. The highest BCUT2D eigenvalue weighted by atomic mass is 35.5. The molecule has 1 rings (SSSR count). The fourth-order valence-corrected chi connectivity index (χ4v) is 4.16. The lowest BCUT2D eigenvalue weighted by Gasteiger charge is -2.15. The summed E-state index contributed by atoms with van der Waals surface area (Å²) in [6.07, 6.45) is 0.870. The van der Waals surface area contributed by atoms with Crippen LogP contribution < -0.4 is 0 Å². The number of rotatable bonds is 6. The van der Waals surface area contributed by atoms with Gasteiger partial charge in [-0.2, -0.15) is 0 Å². The van der Waals surface area contributed by atoms with Crippen molar-refractivity contribution < 1.29 is 8.42 Å². The van der Waals surface area contributed by atoms with Crippen LogP contribution in [0.1, 0.15) is 18.4 Å². The third kappa shape index (κ3) is 3.87. The highest BCUT2D eigenvalue weighted by molar-refractivity contribution is 7.92. The van der Waals surface area contributed by atoms with Gasteiger partial charge < -0.3 is 0 Å². The Morgan fingerprint density at radius 2 is 1.53 bits per heavy atom. The maximum atomic E-state index is 12.3. The van der Waals surface area contributed by atoms with Gasteiger partial charge in [0.2, 0.25) is 0 Å². The van der Waals surface area contributed by atoms with E-state index in [2.05, 4.69) is 0 Å². The van der Waals surface area contributed by atoms with E-state index in [1.165, 1.54) is 0 Å². The maximum Gasteiger partial charge on any atom is 0.181 e. The molecule has 0 amide bonds. The van der Waals surface area contributed by atoms with Gasteiger partial charge in [-0.05, 0) is 31.9 Å². The summed E-state index contributed by atoms with van der Waals surface area (Å²) in [5.41, 5.74) is 1.04. The Morgan fingerprint density at radius 1 is 1.06 bits per heavy atom. The molecule has 1 aromatic carbocycles. The van der Waals surface area contributed by atoms with Crippen molar-refractivity contribution in [2.45, 2.75) is 29.9 Å². The summed E-state index contributed by atoms with van der Waals surface area (Å²) < 4.78 is 24.6. The highest BCUT2D eigenvalue weighted by Gasteiger charge is 2.26. The molecule has 17 heavy (non-hydrogen) atoms. The van der Waals surface area contributed by atoms with Crippen LogP contribution in [0, 0.1) is 6.92 Å². The second-order valence-electron chi connectivity index (χ2n) is 3.94. The molecule has 5 heteroatoms. The van der Waals surface area contributed by atoms with Crippen LogP contribution in [0.2, 0.25) is 0 Å². The normalized spacial score (nSPS) is 12.0. The first-order valence-electron chi connectivity index (χ1n) is 5.45. The molecule has 1 aromatic rings. The number of alkyl halides is 2. The molecule has 0 saturated heterocycles. The van der Waals surface area contributed by atoms with Crippen molar-refractivity contribution in [2.24, 2.45) is 0 Å². The summed E-state index contributed by atoms with van der Waals surface area (Å²) in [5.74, 6) is 0.652. The molecule has 0 aliphatic heterocycles. The standard InChI is InChI=1S/C12H16Cl2O2S/c1-10-2-4-11(5-3-10)17(15,16)12(6-8-13)7-9-14/h2-5,12H,6-9H2,1H3. The number of aryl methyl sites for hydroxylation is 1. The first-order chi connectivity index (χ1) is 8.02. The number of benzene rings is 1. The van der Waals surface area contributed by atoms with Crippen LogP contribution in [-0.4, -0.2) is 25.4 Å². The van der Waals surface area contributed by atoms with Gasteiger partial charge in [-0.1, -0.05) is 17.7 Å². The largest absolute Gasteiger partial charge is 0.223 e. The molecular weight excluding hydrogens is 279 g/mol. The molecular formula is C12H16Cl2O2S. The van der Waals surface area contributed by atoms with E-state index in [0.717, 1.165) is 5.56 Å². The molecule has 0 spiro atoms. The first kappa shape index (κ1) is 14.8. The van der Waals surface area contributed by atoms with Gasteiger partial charge in [0.15, 0.2) is 9.84 Å². The second kappa shape index (κ2) is 6.62. The van der Waals surface area contributed by atoms with E-state index in [9.17, 15) is 8.42 Å². The third-order valence-corrected chi connectivity index (χ3v) is 5.37. The zero-order chi connectivity index (χ0) is 12.9. The second-order valence-corrected chi connectivity index (χ2v) is 6.92. The van der Waals surface area contributed by atoms with Gasteiger partial charge in [-0.3, -0.25) is 0 Å².